The van der Waals surface area contributed by atoms with Crippen LogP contribution in [0, 0.1) is 0 Å². The third-order valence-electron chi connectivity index (χ3n) is 1.86. The number of rotatable bonds is 4. The molecule has 0 N–H and O–H groups in total. The van der Waals surface area contributed by atoms with Crippen molar-refractivity contribution >= 4 is 34.4 Å². The second kappa shape index (κ2) is 4.94. The first kappa shape index (κ1) is 10.9. The number of thiophene rings is 1. The molecule has 0 saturated heterocycles. The van der Waals surface area contributed by atoms with Crippen molar-refractivity contribution in [1.82, 2.24) is 20.3 Å². The number of aromatic nitrogens is 4. The summed E-state index contributed by atoms with van der Waals surface area (Å²) in [6.07, 6.45) is 0. The Kier molecular flexibility index (Phi) is 3.16. The molecule has 8 heteroatoms. The Bertz CT molecular complexity index is 575. The molecule has 17 heavy (non-hydrogen) atoms. The first-order chi connectivity index (χ1) is 8.42. The predicted octanol–water partition coefficient (Wildman–Crippen LogP) is 2.94. The average Bonchev–Trinajstić information content (AvgIpc) is 3.09. The lowest BCUT2D eigenvalue weighted by molar-refractivity contribution is 0.426. The van der Waals surface area contributed by atoms with Crippen molar-refractivity contribution in [1.29, 1.82) is 0 Å². The first-order valence-corrected chi connectivity index (χ1v) is 7.42. The van der Waals surface area contributed by atoms with Gasteiger partial charge in [0.1, 0.15) is 5.51 Å². The highest BCUT2D eigenvalue weighted by atomic mass is 32.2. The van der Waals surface area contributed by atoms with Gasteiger partial charge in [0.05, 0.1) is 10.6 Å². The molecule has 5 nitrogen and oxygen atoms in total. The number of hydrogen-bond acceptors (Lipinski definition) is 8. The highest BCUT2D eigenvalue weighted by molar-refractivity contribution is 8.00. The van der Waals surface area contributed by atoms with Crippen LogP contribution in [-0.2, 0) is 5.75 Å². The van der Waals surface area contributed by atoms with E-state index in [4.69, 9.17) is 4.52 Å². The average molecular weight is 282 g/mol. The van der Waals surface area contributed by atoms with Gasteiger partial charge in [-0.25, -0.2) is 0 Å². The maximum atomic E-state index is 5.18. The molecule has 0 atom stereocenters. The van der Waals surface area contributed by atoms with Crippen LogP contribution in [0.1, 0.15) is 5.82 Å². The van der Waals surface area contributed by atoms with E-state index in [1.54, 1.807) is 28.6 Å². The van der Waals surface area contributed by atoms with Gasteiger partial charge in [0, 0.05) is 0 Å². The van der Waals surface area contributed by atoms with Crippen LogP contribution in [0.3, 0.4) is 0 Å². The third-order valence-corrected chi connectivity index (χ3v) is 4.58. The maximum Gasteiger partial charge on any atom is 0.268 e. The van der Waals surface area contributed by atoms with Gasteiger partial charge in [-0.2, -0.15) is 4.98 Å². The van der Waals surface area contributed by atoms with E-state index in [1.165, 1.54) is 11.3 Å². The van der Waals surface area contributed by atoms with Gasteiger partial charge < -0.3 is 4.52 Å². The minimum atomic E-state index is 0.577. The van der Waals surface area contributed by atoms with E-state index in [-0.39, 0.29) is 0 Å². The monoisotopic (exact) mass is 282 g/mol. The SMILES string of the molecule is c1csc(-c2nc(CSc3nncs3)no2)c1. The van der Waals surface area contributed by atoms with E-state index in [0.29, 0.717) is 17.5 Å². The zero-order valence-corrected chi connectivity index (χ0v) is 10.9. The van der Waals surface area contributed by atoms with Gasteiger partial charge >= 0.3 is 0 Å². The summed E-state index contributed by atoms with van der Waals surface area (Å²) >= 11 is 4.64. The van der Waals surface area contributed by atoms with Crippen molar-refractivity contribution in [2.45, 2.75) is 10.1 Å². The molecule has 0 aliphatic carbocycles. The first-order valence-electron chi connectivity index (χ1n) is 4.67. The van der Waals surface area contributed by atoms with E-state index >= 15 is 0 Å². The lowest BCUT2D eigenvalue weighted by atomic mass is 10.5. The number of thioether (sulfide) groups is 1. The van der Waals surface area contributed by atoms with Gasteiger partial charge in [-0.1, -0.05) is 34.3 Å². The minimum absolute atomic E-state index is 0.577. The normalized spacial score (nSPS) is 10.8. The zero-order valence-electron chi connectivity index (χ0n) is 8.44. The zero-order chi connectivity index (χ0) is 11.5. The number of hydrogen-bond donors (Lipinski definition) is 0. The third kappa shape index (κ3) is 2.54. The molecule has 3 rings (SSSR count). The summed E-state index contributed by atoms with van der Waals surface area (Å²) in [5, 5.41) is 13.6. The standard InChI is InChI=1S/C9H6N4OS3/c1-2-6(15-3-1)8-11-7(13-14-8)4-16-9-12-10-5-17-9/h1-3,5H,4H2. The largest absolute Gasteiger partial charge is 0.333 e. The van der Waals surface area contributed by atoms with Crippen molar-refractivity contribution in [3.8, 4) is 10.8 Å². The van der Waals surface area contributed by atoms with Crippen LogP contribution < -0.4 is 0 Å². The molecule has 0 amide bonds. The summed E-state index contributed by atoms with van der Waals surface area (Å²) in [4.78, 5) is 5.31. The fourth-order valence-corrected chi connectivity index (χ4v) is 3.14. The highest BCUT2D eigenvalue weighted by Gasteiger charge is 2.10. The van der Waals surface area contributed by atoms with E-state index in [1.807, 2.05) is 17.5 Å². The molecule has 0 aliphatic rings. The van der Waals surface area contributed by atoms with Crippen molar-refractivity contribution in [2.75, 3.05) is 0 Å². The second-order valence-electron chi connectivity index (χ2n) is 2.99. The van der Waals surface area contributed by atoms with Crippen LogP contribution in [0.25, 0.3) is 10.8 Å². The van der Waals surface area contributed by atoms with Crippen molar-refractivity contribution in [3.05, 3.63) is 28.8 Å². The Morgan fingerprint density at radius 2 is 2.35 bits per heavy atom. The molecule has 0 aromatic carbocycles. The van der Waals surface area contributed by atoms with Crippen molar-refractivity contribution in [3.63, 3.8) is 0 Å². The van der Waals surface area contributed by atoms with E-state index < -0.39 is 0 Å². The highest BCUT2D eigenvalue weighted by Crippen LogP contribution is 2.25. The van der Waals surface area contributed by atoms with Gasteiger partial charge in [0.15, 0.2) is 10.2 Å². The summed E-state index contributed by atoms with van der Waals surface area (Å²) < 4.78 is 6.09. The molecule has 0 spiro atoms. The van der Waals surface area contributed by atoms with Gasteiger partial charge in [0.2, 0.25) is 0 Å². The molecule has 0 fully saturated rings. The predicted molar refractivity (Wildman–Crippen MR) is 67.1 cm³/mol. The topological polar surface area (TPSA) is 64.7 Å². The molecule has 0 aliphatic heterocycles. The summed E-state index contributed by atoms with van der Waals surface area (Å²) in [5.41, 5.74) is 1.70. The van der Waals surface area contributed by atoms with Gasteiger partial charge in [-0.15, -0.1) is 21.5 Å². The summed E-state index contributed by atoms with van der Waals surface area (Å²) in [7, 11) is 0. The van der Waals surface area contributed by atoms with Gasteiger partial charge in [-0.3, -0.25) is 0 Å². The van der Waals surface area contributed by atoms with Crippen LogP contribution in [0.4, 0.5) is 0 Å². The Morgan fingerprint density at radius 1 is 1.35 bits per heavy atom. The molecule has 3 heterocycles. The molecule has 0 bridgehead atoms. The minimum Gasteiger partial charge on any atom is -0.333 e. The van der Waals surface area contributed by atoms with E-state index in [0.717, 1.165) is 9.22 Å². The Labute approximate surface area is 109 Å². The maximum absolute atomic E-state index is 5.18. The molecular weight excluding hydrogens is 276 g/mol. The summed E-state index contributed by atoms with van der Waals surface area (Å²) in [5.74, 6) is 1.89. The summed E-state index contributed by atoms with van der Waals surface area (Å²) in [6, 6.07) is 3.92. The van der Waals surface area contributed by atoms with E-state index in [9.17, 15) is 0 Å². The van der Waals surface area contributed by atoms with Crippen LogP contribution in [-0.4, -0.2) is 20.3 Å². The van der Waals surface area contributed by atoms with Gasteiger partial charge in [-0.05, 0) is 11.4 Å². The molecule has 3 aromatic heterocycles. The quantitative estimate of drug-likeness (QED) is 0.685. The Hall–Kier alpha value is -1.25. The van der Waals surface area contributed by atoms with Crippen molar-refractivity contribution < 1.29 is 4.52 Å². The Balaban J connectivity index is 1.69. The van der Waals surface area contributed by atoms with Gasteiger partial charge in [0.25, 0.3) is 5.89 Å². The lowest BCUT2D eigenvalue weighted by Gasteiger charge is -1.88. The number of nitrogens with zero attached hydrogens (tertiary/aromatic N) is 4. The molecule has 3 aromatic rings. The Morgan fingerprint density at radius 3 is 3.12 bits per heavy atom. The fraction of sp³-hybridized carbons (Fsp3) is 0.111. The molecule has 0 radical (unpaired) electrons. The molecular formula is C9H6N4OS3. The second-order valence-corrected chi connectivity index (χ2v) is 5.99. The summed E-state index contributed by atoms with van der Waals surface area (Å²) in [6.45, 7) is 0. The van der Waals surface area contributed by atoms with Crippen molar-refractivity contribution in [2.24, 2.45) is 0 Å². The lowest BCUT2D eigenvalue weighted by Crippen LogP contribution is -1.83. The van der Waals surface area contributed by atoms with Crippen LogP contribution in [0.2, 0.25) is 0 Å². The fourth-order valence-electron chi connectivity index (χ4n) is 1.17. The molecule has 0 unspecified atom stereocenters. The van der Waals surface area contributed by atoms with Crippen LogP contribution in [0.15, 0.2) is 31.9 Å². The van der Waals surface area contributed by atoms with Crippen LogP contribution in [0.5, 0.6) is 0 Å². The smallest absolute Gasteiger partial charge is 0.268 e. The molecule has 0 saturated carbocycles. The van der Waals surface area contributed by atoms with Crippen LogP contribution >= 0.6 is 34.4 Å². The van der Waals surface area contributed by atoms with E-state index in [2.05, 4.69) is 20.3 Å². The molecule has 86 valence electrons.